The number of hydrogen-bond donors (Lipinski definition) is 2. The minimum Gasteiger partial charge on any atom is -0.376 e. The van der Waals surface area contributed by atoms with E-state index in [1.165, 1.54) is 18.3 Å². The van der Waals surface area contributed by atoms with Crippen molar-refractivity contribution in [1.82, 2.24) is 4.98 Å². The molecule has 0 saturated carbocycles. The van der Waals surface area contributed by atoms with Gasteiger partial charge in [-0.3, -0.25) is 4.79 Å². The molecule has 0 bridgehead atoms. The van der Waals surface area contributed by atoms with Crippen molar-refractivity contribution in [2.75, 3.05) is 23.8 Å². The lowest BCUT2D eigenvalue weighted by atomic mass is 10.2. The fourth-order valence-electron chi connectivity index (χ4n) is 2.63. The van der Waals surface area contributed by atoms with Gasteiger partial charge in [0.05, 0.1) is 17.2 Å². The van der Waals surface area contributed by atoms with Crippen LogP contribution in [0.5, 0.6) is 0 Å². The van der Waals surface area contributed by atoms with Gasteiger partial charge in [0, 0.05) is 25.0 Å². The van der Waals surface area contributed by atoms with Crippen LogP contribution in [0.4, 0.5) is 24.7 Å². The molecular formula is C18H18F3N3O2. The number of amides is 1. The van der Waals surface area contributed by atoms with E-state index in [2.05, 4.69) is 15.6 Å². The molecule has 1 aliphatic heterocycles. The van der Waals surface area contributed by atoms with Gasteiger partial charge in [-0.2, -0.15) is 13.2 Å². The Morgan fingerprint density at radius 2 is 2.12 bits per heavy atom. The van der Waals surface area contributed by atoms with Gasteiger partial charge in [0.1, 0.15) is 5.82 Å². The summed E-state index contributed by atoms with van der Waals surface area (Å²) in [6.45, 7) is 1.41. The first kappa shape index (κ1) is 18.2. The monoisotopic (exact) mass is 365 g/mol. The van der Waals surface area contributed by atoms with Crippen LogP contribution in [0.3, 0.4) is 0 Å². The molecule has 1 amide bonds. The van der Waals surface area contributed by atoms with E-state index < -0.39 is 17.6 Å². The van der Waals surface area contributed by atoms with Gasteiger partial charge in [-0.25, -0.2) is 4.98 Å². The lowest BCUT2D eigenvalue weighted by molar-refractivity contribution is -0.137. The van der Waals surface area contributed by atoms with Gasteiger partial charge >= 0.3 is 6.18 Å². The Kier molecular flexibility index (Phi) is 5.41. The zero-order chi connectivity index (χ0) is 18.6. The second-order valence-electron chi connectivity index (χ2n) is 5.98. The van der Waals surface area contributed by atoms with Gasteiger partial charge < -0.3 is 15.4 Å². The highest BCUT2D eigenvalue weighted by atomic mass is 19.4. The molecule has 2 aromatic rings. The molecule has 26 heavy (non-hydrogen) atoms. The van der Waals surface area contributed by atoms with Crippen molar-refractivity contribution >= 4 is 17.4 Å². The Morgan fingerprint density at radius 3 is 2.77 bits per heavy atom. The highest BCUT2D eigenvalue weighted by Gasteiger charge is 2.30. The molecule has 138 valence electrons. The quantitative estimate of drug-likeness (QED) is 0.842. The number of hydrogen-bond acceptors (Lipinski definition) is 4. The summed E-state index contributed by atoms with van der Waals surface area (Å²) < 4.78 is 43.7. The summed E-state index contributed by atoms with van der Waals surface area (Å²) in [7, 11) is 0. The first-order valence-corrected chi connectivity index (χ1v) is 8.22. The number of carbonyl (C=O) groups is 1. The Hall–Kier alpha value is -2.61. The molecular weight excluding hydrogens is 347 g/mol. The van der Waals surface area contributed by atoms with Crippen LogP contribution in [0.1, 0.15) is 28.8 Å². The van der Waals surface area contributed by atoms with E-state index >= 15 is 0 Å². The second kappa shape index (κ2) is 7.74. The van der Waals surface area contributed by atoms with Crippen LogP contribution in [-0.4, -0.2) is 30.1 Å². The Morgan fingerprint density at radius 1 is 1.27 bits per heavy atom. The average molecular weight is 365 g/mol. The third-order valence-corrected chi connectivity index (χ3v) is 4.01. The van der Waals surface area contributed by atoms with Gasteiger partial charge in [-0.15, -0.1) is 0 Å². The summed E-state index contributed by atoms with van der Waals surface area (Å²) in [6.07, 6.45) is -0.862. The number of rotatable bonds is 5. The van der Waals surface area contributed by atoms with Gasteiger partial charge in [-0.1, -0.05) is 6.07 Å². The smallest absolute Gasteiger partial charge is 0.376 e. The third-order valence-electron chi connectivity index (χ3n) is 4.01. The number of anilines is 2. The first-order valence-electron chi connectivity index (χ1n) is 8.22. The van der Waals surface area contributed by atoms with Gasteiger partial charge in [0.15, 0.2) is 0 Å². The second-order valence-corrected chi connectivity index (χ2v) is 5.98. The molecule has 1 atom stereocenters. The lowest BCUT2D eigenvalue weighted by Gasteiger charge is -2.12. The molecule has 8 heteroatoms. The fraction of sp³-hybridized carbons (Fsp3) is 0.333. The molecule has 1 unspecified atom stereocenters. The Balaban J connectivity index is 1.59. The lowest BCUT2D eigenvalue weighted by Crippen LogP contribution is -2.19. The SMILES string of the molecule is O=C(Nc1cccc(C(F)(F)F)c1)c1ccc(NCC2CCCO2)nc1. The summed E-state index contributed by atoms with van der Waals surface area (Å²) in [5, 5.41) is 5.58. The van der Waals surface area contributed by atoms with Crippen LogP contribution in [0.25, 0.3) is 0 Å². The zero-order valence-corrected chi connectivity index (χ0v) is 13.8. The molecule has 2 heterocycles. The van der Waals surface area contributed by atoms with Crippen LogP contribution in [-0.2, 0) is 10.9 Å². The van der Waals surface area contributed by atoms with Crippen molar-refractivity contribution in [3.8, 4) is 0 Å². The number of pyridine rings is 1. The third kappa shape index (κ3) is 4.72. The minimum atomic E-state index is -4.46. The molecule has 1 saturated heterocycles. The number of aromatic nitrogens is 1. The normalized spacial score (nSPS) is 17.1. The van der Waals surface area contributed by atoms with Gasteiger partial charge in [-0.05, 0) is 43.2 Å². The topological polar surface area (TPSA) is 63.2 Å². The molecule has 0 spiro atoms. The van der Waals surface area contributed by atoms with Crippen molar-refractivity contribution in [3.05, 3.63) is 53.7 Å². The highest BCUT2D eigenvalue weighted by Crippen LogP contribution is 2.30. The number of halogens is 3. The van der Waals surface area contributed by atoms with E-state index in [1.807, 2.05) is 0 Å². The van der Waals surface area contributed by atoms with Crippen LogP contribution >= 0.6 is 0 Å². The number of alkyl halides is 3. The Bertz CT molecular complexity index is 757. The van der Waals surface area contributed by atoms with E-state index in [4.69, 9.17) is 4.74 Å². The summed E-state index contributed by atoms with van der Waals surface area (Å²) in [5.41, 5.74) is -0.488. The van der Waals surface area contributed by atoms with E-state index in [1.54, 1.807) is 12.1 Å². The van der Waals surface area contributed by atoms with Gasteiger partial charge in [0.2, 0.25) is 0 Å². The molecule has 1 aromatic carbocycles. The molecule has 1 fully saturated rings. The maximum Gasteiger partial charge on any atom is 0.416 e. The average Bonchev–Trinajstić information content (AvgIpc) is 3.13. The van der Waals surface area contributed by atoms with Crippen LogP contribution < -0.4 is 10.6 Å². The van der Waals surface area contributed by atoms with Crippen LogP contribution in [0.2, 0.25) is 0 Å². The molecule has 0 aliphatic carbocycles. The minimum absolute atomic E-state index is 0.0745. The first-order chi connectivity index (χ1) is 12.4. The predicted octanol–water partition coefficient (Wildman–Crippen LogP) is 3.94. The summed E-state index contributed by atoms with van der Waals surface area (Å²) in [4.78, 5) is 16.3. The van der Waals surface area contributed by atoms with Crippen molar-refractivity contribution in [1.29, 1.82) is 0 Å². The van der Waals surface area contributed by atoms with Crippen molar-refractivity contribution < 1.29 is 22.7 Å². The number of nitrogens with one attached hydrogen (secondary N) is 2. The van der Waals surface area contributed by atoms with E-state index in [9.17, 15) is 18.0 Å². The van der Waals surface area contributed by atoms with Crippen molar-refractivity contribution in [2.45, 2.75) is 25.1 Å². The summed E-state index contributed by atoms with van der Waals surface area (Å²) in [6, 6.07) is 7.70. The molecule has 5 nitrogen and oxygen atoms in total. The Labute approximate surface area is 148 Å². The molecule has 1 aromatic heterocycles. The standard InChI is InChI=1S/C18H18F3N3O2/c19-18(20,21)13-3-1-4-14(9-13)24-17(25)12-6-7-16(22-10-12)23-11-15-5-2-8-26-15/h1,3-4,6-7,9-10,15H,2,5,8,11H2,(H,22,23)(H,24,25). The zero-order valence-electron chi connectivity index (χ0n) is 13.8. The number of ether oxygens (including phenoxy) is 1. The molecule has 1 aliphatic rings. The fourth-order valence-corrected chi connectivity index (χ4v) is 2.63. The van der Waals surface area contributed by atoms with Crippen LogP contribution in [0, 0.1) is 0 Å². The van der Waals surface area contributed by atoms with Crippen LogP contribution in [0.15, 0.2) is 42.6 Å². The van der Waals surface area contributed by atoms with E-state index in [0.29, 0.717) is 12.4 Å². The summed E-state index contributed by atoms with van der Waals surface area (Å²) in [5.74, 6) is 0.0821. The number of nitrogens with zero attached hydrogens (tertiary/aromatic N) is 1. The number of benzene rings is 1. The molecule has 2 N–H and O–H groups in total. The van der Waals surface area contributed by atoms with E-state index in [0.717, 1.165) is 31.6 Å². The molecule has 3 rings (SSSR count). The maximum atomic E-state index is 12.7. The summed E-state index contributed by atoms with van der Waals surface area (Å²) >= 11 is 0. The maximum absolute atomic E-state index is 12.7. The number of carbonyl (C=O) groups excluding carboxylic acids is 1. The van der Waals surface area contributed by atoms with E-state index in [-0.39, 0.29) is 17.4 Å². The van der Waals surface area contributed by atoms with Gasteiger partial charge in [0.25, 0.3) is 5.91 Å². The van der Waals surface area contributed by atoms with Crippen molar-refractivity contribution in [3.63, 3.8) is 0 Å². The largest absolute Gasteiger partial charge is 0.416 e. The van der Waals surface area contributed by atoms with Crippen molar-refractivity contribution in [2.24, 2.45) is 0 Å². The molecule has 0 radical (unpaired) electrons. The highest BCUT2D eigenvalue weighted by molar-refractivity contribution is 6.04. The predicted molar refractivity (Wildman–Crippen MR) is 91.1 cm³/mol.